The molecule has 0 aliphatic carbocycles. The second kappa shape index (κ2) is 9.23. The molecule has 0 N–H and O–H groups in total. The molecule has 0 saturated heterocycles. The third-order valence-corrected chi connectivity index (χ3v) is 5.20. The summed E-state index contributed by atoms with van der Waals surface area (Å²) in [6, 6.07) is 13.4. The summed E-state index contributed by atoms with van der Waals surface area (Å²) in [7, 11) is 1.32. The highest BCUT2D eigenvalue weighted by atomic mass is 32.1. The molecule has 0 bridgehead atoms. The van der Waals surface area contributed by atoms with Gasteiger partial charge in [-0.2, -0.15) is 0 Å². The minimum Gasteiger partial charge on any atom is -0.468 e. The number of amides is 1. The van der Waals surface area contributed by atoms with Crippen LogP contribution in [0.5, 0.6) is 0 Å². The molecule has 0 fully saturated rings. The van der Waals surface area contributed by atoms with Gasteiger partial charge in [-0.25, -0.2) is 4.98 Å². The molecule has 0 unspecified atom stereocenters. The molecule has 28 heavy (non-hydrogen) atoms. The minimum atomic E-state index is -0.450. The molecule has 144 valence electrons. The lowest BCUT2D eigenvalue weighted by molar-refractivity contribution is -0.147. The van der Waals surface area contributed by atoms with Crippen LogP contribution in [0.4, 0.5) is 0 Å². The van der Waals surface area contributed by atoms with Crippen molar-refractivity contribution in [2.24, 2.45) is 0 Å². The zero-order valence-electron chi connectivity index (χ0n) is 15.8. The molecule has 3 rings (SSSR count). The SMILES string of the molecule is COC(=O)CN(Cc1ccccc1C)C(=O)Cc1csc(-c2ccccn2)n1. The Morgan fingerprint density at radius 3 is 2.64 bits per heavy atom. The Morgan fingerprint density at radius 2 is 1.93 bits per heavy atom. The van der Waals surface area contributed by atoms with Gasteiger partial charge in [0.2, 0.25) is 5.91 Å². The summed E-state index contributed by atoms with van der Waals surface area (Å²) in [6.45, 7) is 2.23. The second-order valence-electron chi connectivity index (χ2n) is 6.29. The number of aromatic nitrogens is 2. The molecule has 1 amide bonds. The zero-order valence-corrected chi connectivity index (χ0v) is 16.6. The third-order valence-electron chi connectivity index (χ3n) is 4.29. The van der Waals surface area contributed by atoms with Crippen LogP contribution in [0.25, 0.3) is 10.7 Å². The Bertz CT molecular complexity index is 956. The number of ether oxygens (including phenoxy) is 1. The van der Waals surface area contributed by atoms with E-state index in [1.165, 1.54) is 23.3 Å². The van der Waals surface area contributed by atoms with E-state index in [-0.39, 0.29) is 18.9 Å². The maximum Gasteiger partial charge on any atom is 0.325 e. The molecule has 0 aliphatic rings. The average molecular weight is 395 g/mol. The van der Waals surface area contributed by atoms with Gasteiger partial charge in [-0.15, -0.1) is 11.3 Å². The molecule has 0 spiro atoms. The number of hydrogen-bond donors (Lipinski definition) is 0. The van der Waals surface area contributed by atoms with E-state index >= 15 is 0 Å². The number of carbonyl (C=O) groups excluding carboxylic acids is 2. The Hall–Kier alpha value is -3.06. The van der Waals surface area contributed by atoms with Gasteiger partial charge in [-0.1, -0.05) is 30.3 Å². The molecule has 0 aliphatic heterocycles. The van der Waals surface area contributed by atoms with Crippen molar-refractivity contribution < 1.29 is 14.3 Å². The smallest absolute Gasteiger partial charge is 0.325 e. The van der Waals surface area contributed by atoms with Gasteiger partial charge in [0.15, 0.2) is 0 Å². The average Bonchev–Trinajstić information content (AvgIpc) is 3.18. The highest BCUT2D eigenvalue weighted by Gasteiger charge is 2.20. The highest BCUT2D eigenvalue weighted by molar-refractivity contribution is 7.13. The summed E-state index contributed by atoms with van der Waals surface area (Å²) in [4.78, 5) is 35.0. The molecule has 1 aromatic carbocycles. The van der Waals surface area contributed by atoms with E-state index in [0.29, 0.717) is 12.2 Å². The van der Waals surface area contributed by atoms with Crippen LogP contribution in [-0.2, 0) is 27.3 Å². The van der Waals surface area contributed by atoms with Crippen LogP contribution in [0.15, 0.2) is 54.0 Å². The predicted octanol–water partition coefficient (Wildman–Crippen LogP) is 3.26. The van der Waals surface area contributed by atoms with Crippen molar-refractivity contribution in [3.63, 3.8) is 0 Å². The fourth-order valence-corrected chi connectivity index (χ4v) is 3.50. The summed E-state index contributed by atoms with van der Waals surface area (Å²) in [5.74, 6) is -0.624. The van der Waals surface area contributed by atoms with Crippen LogP contribution in [0.2, 0.25) is 0 Å². The van der Waals surface area contributed by atoms with Crippen LogP contribution in [0.3, 0.4) is 0 Å². The second-order valence-corrected chi connectivity index (χ2v) is 7.15. The Morgan fingerprint density at radius 1 is 1.14 bits per heavy atom. The summed E-state index contributed by atoms with van der Waals surface area (Å²) >= 11 is 1.45. The zero-order chi connectivity index (χ0) is 19.9. The highest BCUT2D eigenvalue weighted by Crippen LogP contribution is 2.22. The van der Waals surface area contributed by atoms with Crippen molar-refractivity contribution >= 4 is 23.2 Å². The first-order chi connectivity index (χ1) is 13.6. The summed E-state index contributed by atoms with van der Waals surface area (Å²) in [6.07, 6.45) is 1.83. The standard InChI is InChI=1S/C21H21N3O3S/c1-15-7-3-4-8-16(15)12-24(13-20(26)27-2)19(25)11-17-14-28-21(23-17)18-9-5-6-10-22-18/h3-10,14H,11-13H2,1-2H3. The number of nitrogens with zero attached hydrogens (tertiary/aromatic N) is 3. The van der Waals surface area contributed by atoms with Crippen molar-refractivity contribution in [2.45, 2.75) is 19.9 Å². The van der Waals surface area contributed by atoms with E-state index in [1.54, 1.807) is 6.20 Å². The lowest BCUT2D eigenvalue weighted by Crippen LogP contribution is -2.37. The fourth-order valence-electron chi connectivity index (χ4n) is 2.71. The number of methoxy groups -OCH3 is 1. The number of esters is 1. The van der Waals surface area contributed by atoms with Gasteiger partial charge in [0.1, 0.15) is 11.6 Å². The van der Waals surface area contributed by atoms with Crippen LogP contribution >= 0.6 is 11.3 Å². The van der Waals surface area contributed by atoms with Crippen molar-refractivity contribution in [3.05, 3.63) is 70.9 Å². The van der Waals surface area contributed by atoms with Gasteiger partial charge in [-0.05, 0) is 30.2 Å². The number of rotatable bonds is 7. The number of carbonyl (C=O) groups is 2. The molecular weight excluding hydrogens is 374 g/mol. The van der Waals surface area contributed by atoms with Gasteiger partial charge in [0, 0.05) is 18.1 Å². The summed E-state index contributed by atoms with van der Waals surface area (Å²) in [5.41, 5.74) is 3.50. The maximum absolute atomic E-state index is 12.9. The predicted molar refractivity (Wildman–Crippen MR) is 108 cm³/mol. The largest absolute Gasteiger partial charge is 0.468 e. The number of hydrogen-bond acceptors (Lipinski definition) is 6. The van der Waals surface area contributed by atoms with E-state index < -0.39 is 5.97 Å². The number of aryl methyl sites for hydroxylation is 1. The van der Waals surface area contributed by atoms with E-state index in [9.17, 15) is 9.59 Å². The topological polar surface area (TPSA) is 72.4 Å². The lowest BCUT2D eigenvalue weighted by atomic mass is 10.1. The molecule has 0 saturated carbocycles. The van der Waals surface area contributed by atoms with Gasteiger partial charge < -0.3 is 9.64 Å². The number of pyridine rings is 1. The molecule has 0 atom stereocenters. The van der Waals surface area contributed by atoms with Gasteiger partial charge in [0.05, 0.1) is 24.9 Å². The van der Waals surface area contributed by atoms with Crippen LogP contribution in [0.1, 0.15) is 16.8 Å². The van der Waals surface area contributed by atoms with E-state index in [2.05, 4.69) is 9.97 Å². The first-order valence-electron chi connectivity index (χ1n) is 8.81. The van der Waals surface area contributed by atoms with Crippen LogP contribution in [-0.4, -0.2) is 40.4 Å². The number of benzene rings is 1. The molecule has 7 heteroatoms. The number of thiazole rings is 1. The first kappa shape index (κ1) is 19.7. The van der Waals surface area contributed by atoms with Gasteiger partial charge >= 0.3 is 5.97 Å². The van der Waals surface area contributed by atoms with Crippen molar-refractivity contribution in [3.8, 4) is 10.7 Å². The molecule has 3 aromatic rings. The lowest BCUT2D eigenvalue weighted by Gasteiger charge is -2.22. The van der Waals surface area contributed by atoms with Crippen molar-refractivity contribution in [1.82, 2.24) is 14.9 Å². The summed E-state index contributed by atoms with van der Waals surface area (Å²) in [5, 5.41) is 2.62. The quantitative estimate of drug-likeness (QED) is 0.574. The maximum atomic E-state index is 12.9. The third kappa shape index (κ3) is 5.01. The normalized spacial score (nSPS) is 10.5. The van der Waals surface area contributed by atoms with Crippen molar-refractivity contribution in [2.75, 3.05) is 13.7 Å². The van der Waals surface area contributed by atoms with Crippen LogP contribution in [0, 0.1) is 6.92 Å². The minimum absolute atomic E-state index is 0.0963. The molecular formula is C21H21N3O3S. The van der Waals surface area contributed by atoms with Gasteiger partial charge in [-0.3, -0.25) is 14.6 Å². The fraction of sp³-hybridized carbons (Fsp3) is 0.238. The Kier molecular flexibility index (Phi) is 6.49. The monoisotopic (exact) mass is 395 g/mol. The Labute approximate surface area is 167 Å². The van der Waals surface area contributed by atoms with Crippen LogP contribution < -0.4 is 0 Å². The first-order valence-corrected chi connectivity index (χ1v) is 9.69. The summed E-state index contributed by atoms with van der Waals surface area (Å²) < 4.78 is 4.76. The molecule has 6 nitrogen and oxygen atoms in total. The van der Waals surface area contributed by atoms with E-state index in [0.717, 1.165) is 21.8 Å². The Balaban J connectivity index is 1.75. The van der Waals surface area contributed by atoms with Crippen molar-refractivity contribution in [1.29, 1.82) is 0 Å². The van der Waals surface area contributed by atoms with Gasteiger partial charge in [0.25, 0.3) is 0 Å². The molecule has 2 aromatic heterocycles. The molecule has 0 radical (unpaired) electrons. The van der Waals surface area contributed by atoms with E-state index in [4.69, 9.17) is 4.74 Å². The van der Waals surface area contributed by atoms with E-state index in [1.807, 2.05) is 54.8 Å². The molecule has 2 heterocycles.